The maximum absolute atomic E-state index is 12.1. The molecule has 19 heavy (non-hydrogen) atoms. The fraction of sp³-hybridized carbons (Fsp3) is 0.857. The summed E-state index contributed by atoms with van der Waals surface area (Å²) in [6, 6.07) is 0. The Morgan fingerprint density at radius 1 is 1.21 bits per heavy atom. The molecule has 0 aliphatic carbocycles. The van der Waals surface area contributed by atoms with Crippen LogP contribution in [0.3, 0.4) is 0 Å². The summed E-state index contributed by atoms with van der Waals surface area (Å²) in [6.07, 6.45) is 0.586. The molecule has 2 N–H and O–H groups in total. The smallest absolute Gasteiger partial charge is 0.308 e. The van der Waals surface area contributed by atoms with Gasteiger partial charge in [0.1, 0.15) is 0 Å². The Balaban J connectivity index is 4.41. The Hall–Kier alpha value is -0.710. The zero-order chi connectivity index (χ0) is 15.0. The molecule has 0 spiro atoms. The lowest BCUT2D eigenvalue weighted by molar-refractivity contribution is -0.142. The minimum absolute atomic E-state index is 0.0446. The molecule has 0 rings (SSSR count). The highest BCUT2D eigenvalue weighted by Crippen LogP contribution is 2.19. The van der Waals surface area contributed by atoms with Gasteiger partial charge in [-0.15, -0.1) is 11.8 Å². The Kier molecular flexibility index (Phi) is 8.89. The van der Waals surface area contributed by atoms with Gasteiger partial charge in [0.2, 0.25) is 5.91 Å². The van der Waals surface area contributed by atoms with Crippen LogP contribution in [-0.4, -0.2) is 34.5 Å². The average molecular weight is 289 g/mol. The number of rotatable bonds is 9. The van der Waals surface area contributed by atoms with E-state index in [1.807, 2.05) is 34.6 Å². The SMILES string of the molecule is CCSC(C(=O)NCC(CC(C)C)C(=O)O)C(C)C. The Bertz CT molecular complexity index is 292. The summed E-state index contributed by atoms with van der Waals surface area (Å²) in [6.45, 7) is 10.2. The fourth-order valence-corrected chi connectivity index (χ4v) is 2.89. The number of carboxylic acids is 1. The van der Waals surface area contributed by atoms with Crippen LogP contribution in [0.15, 0.2) is 0 Å². The number of carbonyl (C=O) groups is 2. The molecule has 2 unspecified atom stereocenters. The van der Waals surface area contributed by atoms with Gasteiger partial charge in [-0.05, 0) is 24.0 Å². The van der Waals surface area contributed by atoms with E-state index in [1.165, 1.54) is 0 Å². The first kappa shape index (κ1) is 18.3. The number of carboxylic acid groups (broad SMARTS) is 1. The molecule has 0 fully saturated rings. The summed E-state index contributed by atoms with van der Waals surface area (Å²) >= 11 is 1.61. The molecule has 5 heteroatoms. The van der Waals surface area contributed by atoms with Crippen molar-refractivity contribution in [2.24, 2.45) is 17.8 Å². The Labute approximate surface area is 120 Å². The minimum Gasteiger partial charge on any atom is -0.481 e. The first-order valence-electron chi connectivity index (χ1n) is 6.91. The zero-order valence-electron chi connectivity index (χ0n) is 12.6. The summed E-state index contributed by atoms with van der Waals surface area (Å²) in [5.74, 6) is 0.0608. The third-order valence-corrected chi connectivity index (χ3v) is 4.29. The number of thioether (sulfide) groups is 1. The molecule has 0 saturated heterocycles. The van der Waals surface area contributed by atoms with Crippen molar-refractivity contribution in [3.8, 4) is 0 Å². The zero-order valence-corrected chi connectivity index (χ0v) is 13.4. The number of hydrogen-bond acceptors (Lipinski definition) is 3. The highest BCUT2D eigenvalue weighted by Gasteiger charge is 2.24. The van der Waals surface area contributed by atoms with Crippen LogP contribution < -0.4 is 5.32 Å². The van der Waals surface area contributed by atoms with Crippen LogP contribution >= 0.6 is 11.8 Å². The molecule has 0 aromatic carbocycles. The lowest BCUT2D eigenvalue weighted by atomic mass is 9.97. The third kappa shape index (κ3) is 7.45. The molecule has 4 nitrogen and oxygen atoms in total. The van der Waals surface area contributed by atoms with Gasteiger partial charge in [-0.1, -0.05) is 34.6 Å². The van der Waals surface area contributed by atoms with Crippen LogP contribution in [0.25, 0.3) is 0 Å². The number of aliphatic carboxylic acids is 1. The first-order valence-corrected chi connectivity index (χ1v) is 7.96. The van der Waals surface area contributed by atoms with Crippen molar-refractivity contribution in [1.82, 2.24) is 5.32 Å². The molecule has 0 aliphatic heterocycles. The van der Waals surface area contributed by atoms with E-state index in [-0.39, 0.29) is 23.6 Å². The Morgan fingerprint density at radius 2 is 1.79 bits per heavy atom. The second-order valence-electron chi connectivity index (χ2n) is 5.53. The van der Waals surface area contributed by atoms with Crippen LogP contribution in [-0.2, 0) is 9.59 Å². The van der Waals surface area contributed by atoms with E-state index in [9.17, 15) is 9.59 Å². The summed E-state index contributed by atoms with van der Waals surface area (Å²) in [7, 11) is 0. The van der Waals surface area contributed by atoms with Crippen molar-refractivity contribution >= 4 is 23.6 Å². The summed E-state index contributed by atoms with van der Waals surface area (Å²) in [4.78, 5) is 23.2. The normalized spacial score (nSPS) is 14.5. The van der Waals surface area contributed by atoms with Crippen molar-refractivity contribution in [3.05, 3.63) is 0 Å². The van der Waals surface area contributed by atoms with Crippen molar-refractivity contribution in [2.45, 2.75) is 46.3 Å². The predicted molar refractivity (Wildman–Crippen MR) is 80.3 cm³/mol. The van der Waals surface area contributed by atoms with Gasteiger partial charge in [0, 0.05) is 6.54 Å². The van der Waals surface area contributed by atoms with E-state index >= 15 is 0 Å². The van der Waals surface area contributed by atoms with Crippen LogP contribution in [0, 0.1) is 17.8 Å². The molecule has 2 atom stereocenters. The van der Waals surface area contributed by atoms with Crippen LogP contribution in [0.4, 0.5) is 0 Å². The van der Waals surface area contributed by atoms with E-state index in [4.69, 9.17) is 5.11 Å². The monoisotopic (exact) mass is 289 g/mol. The standard InChI is InChI=1S/C14H27NO3S/c1-6-19-12(10(4)5)13(16)15-8-11(14(17)18)7-9(2)3/h9-12H,6-8H2,1-5H3,(H,15,16)(H,17,18). The summed E-state index contributed by atoms with van der Waals surface area (Å²) in [5, 5.41) is 11.8. The second-order valence-corrected chi connectivity index (χ2v) is 6.95. The van der Waals surface area contributed by atoms with Crippen molar-refractivity contribution < 1.29 is 14.7 Å². The Morgan fingerprint density at radius 3 is 2.16 bits per heavy atom. The van der Waals surface area contributed by atoms with Gasteiger partial charge in [-0.3, -0.25) is 9.59 Å². The van der Waals surface area contributed by atoms with E-state index in [1.54, 1.807) is 11.8 Å². The van der Waals surface area contributed by atoms with Crippen molar-refractivity contribution in [3.63, 3.8) is 0 Å². The maximum atomic E-state index is 12.1. The molecule has 112 valence electrons. The van der Waals surface area contributed by atoms with Gasteiger partial charge in [0.15, 0.2) is 0 Å². The molecular weight excluding hydrogens is 262 g/mol. The largest absolute Gasteiger partial charge is 0.481 e. The molecule has 1 amide bonds. The quantitative estimate of drug-likeness (QED) is 0.685. The number of hydrogen-bond donors (Lipinski definition) is 2. The molecule has 0 saturated carbocycles. The van der Waals surface area contributed by atoms with Crippen LogP contribution in [0.2, 0.25) is 0 Å². The number of nitrogens with one attached hydrogen (secondary N) is 1. The lowest BCUT2D eigenvalue weighted by Crippen LogP contribution is -2.40. The molecule has 0 aliphatic rings. The molecule has 0 aromatic heterocycles. The third-order valence-electron chi connectivity index (χ3n) is 2.84. The molecule has 0 aromatic rings. The first-order chi connectivity index (χ1) is 8.79. The topological polar surface area (TPSA) is 66.4 Å². The lowest BCUT2D eigenvalue weighted by Gasteiger charge is -2.21. The van der Waals surface area contributed by atoms with E-state index in [2.05, 4.69) is 5.32 Å². The van der Waals surface area contributed by atoms with Crippen LogP contribution in [0.1, 0.15) is 41.0 Å². The van der Waals surface area contributed by atoms with E-state index in [0.717, 1.165) is 5.75 Å². The van der Waals surface area contributed by atoms with Gasteiger partial charge in [-0.2, -0.15) is 0 Å². The number of amides is 1. The molecule has 0 radical (unpaired) electrons. The molecule has 0 heterocycles. The van der Waals surface area contributed by atoms with Crippen molar-refractivity contribution in [1.29, 1.82) is 0 Å². The van der Waals surface area contributed by atoms with Gasteiger partial charge in [0.25, 0.3) is 0 Å². The van der Waals surface area contributed by atoms with E-state index in [0.29, 0.717) is 12.3 Å². The molecule has 0 bridgehead atoms. The van der Waals surface area contributed by atoms with Crippen LogP contribution in [0.5, 0.6) is 0 Å². The molecular formula is C14H27NO3S. The predicted octanol–water partition coefficient (Wildman–Crippen LogP) is 2.63. The number of carbonyl (C=O) groups excluding carboxylic acids is 1. The fourth-order valence-electron chi connectivity index (χ4n) is 1.92. The van der Waals surface area contributed by atoms with Gasteiger partial charge in [0.05, 0.1) is 11.2 Å². The average Bonchev–Trinajstić information content (AvgIpc) is 2.29. The summed E-state index contributed by atoms with van der Waals surface area (Å²) < 4.78 is 0. The van der Waals surface area contributed by atoms with Crippen molar-refractivity contribution in [2.75, 3.05) is 12.3 Å². The van der Waals surface area contributed by atoms with Gasteiger partial charge >= 0.3 is 5.97 Å². The summed E-state index contributed by atoms with van der Waals surface area (Å²) in [5.41, 5.74) is 0. The highest BCUT2D eigenvalue weighted by atomic mass is 32.2. The van der Waals surface area contributed by atoms with Gasteiger partial charge in [-0.25, -0.2) is 0 Å². The second kappa shape index (κ2) is 9.23. The maximum Gasteiger partial charge on any atom is 0.308 e. The minimum atomic E-state index is -0.835. The van der Waals surface area contributed by atoms with E-state index < -0.39 is 11.9 Å². The van der Waals surface area contributed by atoms with Gasteiger partial charge < -0.3 is 10.4 Å². The highest BCUT2D eigenvalue weighted by molar-refractivity contribution is 8.00.